The molecule has 7 heterocycles. The molecule has 0 aliphatic carbocycles. The number of nitrogens with zero attached hydrogens (tertiary/aromatic N) is 5. The van der Waals surface area contributed by atoms with E-state index in [2.05, 4.69) is 482 Å². The van der Waals surface area contributed by atoms with Gasteiger partial charge in [0.15, 0.2) is 11.5 Å². The van der Waals surface area contributed by atoms with E-state index >= 15 is 0 Å². The fourth-order valence-electron chi connectivity index (χ4n) is 22.1. The average molecular weight is 1700 g/mol. The number of hydrogen-bond donors (Lipinski definition) is 0. The molecule has 7 aliphatic rings. The molecule has 15 aromatic rings. The van der Waals surface area contributed by atoms with Gasteiger partial charge < -0.3 is 29.2 Å². The predicted octanol–water partition coefficient (Wildman–Crippen LogP) is 27.6. The highest BCUT2D eigenvalue weighted by atomic mass is 16.5. The van der Waals surface area contributed by atoms with Crippen LogP contribution in [0.25, 0.3) is 44.5 Å². The Morgan fingerprint density at radius 1 is 0.183 bits per heavy atom. The van der Waals surface area contributed by atoms with E-state index in [9.17, 15) is 0 Å². The van der Waals surface area contributed by atoms with E-state index in [1.54, 1.807) is 0 Å². The van der Waals surface area contributed by atoms with Crippen LogP contribution in [0.3, 0.4) is 0 Å². The third-order valence-electron chi connectivity index (χ3n) is 29.5. The lowest BCUT2D eigenvalue weighted by atomic mass is 9.27. The first-order valence-corrected chi connectivity index (χ1v) is 47.7. The highest BCUT2D eigenvalue weighted by molar-refractivity contribution is 7.06. The molecule has 0 saturated heterocycles. The van der Waals surface area contributed by atoms with Crippen LogP contribution in [0.15, 0.2) is 291 Å². The van der Waals surface area contributed by atoms with Crippen LogP contribution in [0.4, 0.5) is 85.3 Å². The standard InChI is InChI=1S/C122H120B3N5O/c1-115(2,3)79-58-80(116(4,5)6)63-87(62-79)126-99-46-37-47-100-107(99)124(94-53-49-77(56-101(94)126)73-38-29-25-30-39-73)97-70-98-104(71-103(97)127(100)88-64-81(117(7,8)9)59-82(65-88)118(10,11)12)129(90-68-85(121(19,20)21)61-86(69-90)122(22,23)24)106-72-105-108-112-109(106)125(98)96-55-51-92(76-44-35-28-36-45-76)114-111(96)130(112)110-95(54-50-91(113(110)131-114)75-42-33-27-34-43-75)123(108)93-52-48-78(74-40-31-26-32-41-74)57-102(93)128(105)89-66-83(119(13,14)15)60-84(67-89)120(16,17)18/h25-72H,1-24H3. The van der Waals surface area contributed by atoms with Crippen molar-refractivity contribution in [3.63, 3.8) is 0 Å². The number of ether oxygens (including phenoxy) is 1. The summed E-state index contributed by atoms with van der Waals surface area (Å²) in [6.45, 7) is 56.6. The first-order chi connectivity index (χ1) is 62.0. The molecule has 6 nitrogen and oxygen atoms in total. The molecule has 9 heteroatoms. The van der Waals surface area contributed by atoms with E-state index in [-0.39, 0.29) is 63.5 Å². The minimum Gasteiger partial charge on any atom is -0.452 e. The molecule has 0 unspecified atom stereocenters. The summed E-state index contributed by atoms with van der Waals surface area (Å²) in [6.07, 6.45) is 0. The zero-order valence-electron chi connectivity index (χ0n) is 81.1. The molecule has 0 fully saturated rings. The number of rotatable bonds is 8. The van der Waals surface area contributed by atoms with Gasteiger partial charge in [0.25, 0.3) is 20.1 Å². The normalized spacial score (nSPS) is 14.5. The molecule has 0 bridgehead atoms. The first-order valence-electron chi connectivity index (χ1n) is 47.7. The Morgan fingerprint density at radius 2 is 0.450 bits per heavy atom. The second-order valence-electron chi connectivity index (χ2n) is 46.7. The Hall–Kier alpha value is -12.7. The third-order valence-corrected chi connectivity index (χ3v) is 29.5. The highest BCUT2D eigenvalue weighted by Gasteiger charge is 2.57. The van der Waals surface area contributed by atoms with Crippen LogP contribution in [0.2, 0.25) is 0 Å². The number of benzene rings is 15. The lowest BCUT2D eigenvalue weighted by Crippen LogP contribution is -2.69. The van der Waals surface area contributed by atoms with Crippen LogP contribution >= 0.6 is 0 Å². The smallest absolute Gasteiger partial charge is 0.252 e. The molecule has 0 radical (unpaired) electrons. The molecular weight excluding hydrogens is 1580 g/mol. The second kappa shape index (κ2) is 28.9. The third kappa shape index (κ3) is 13.4. The van der Waals surface area contributed by atoms with Crippen LogP contribution < -0.4 is 78.4 Å². The lowest BCUT2D eigenvalue weighted by molar-refractivity contribution is 0.481. The maximum Gasteiger partial charge on any atom is 0.252 e. The van der Waals surface area contributed by atoms with Gasteiger partial charge in [0, 0.05) is 85.1 Å². The van der Waals surface area contributed by atoms with Crippen molar-refractivity contribution in [3.05, 3.63) is 336 Å². The van der Waals surface area contributed by atoms with Crippen molar-refractivity contribution in [1.29, 1.82) is 0 Å². The summed E-state index contributed by atoms with van der Waals surface area (Å²) in [5.74, 6) is 1.73. The molecular formula is C122H120B3N5O. The maximum absolute atomic E-state index is 8.34. The van der Waals surface area contributed by atoms with Gasteiger partial charge in [0.05, 0.1) is 11.4 Å². The van der Waals surface area contributed by atoms with E-state index in [0.29, 0.717) is 0 Å². The molecule has 0 amide bonds. The fraction of sp³-hybridized carbons (Fsp3) is 0.262. The van der Waals surface area contributed by atoms with Gasteiger partial charge in [0.2, 0.25) is 0 Å². The Balaban J connectivity index is 0.937. The van der Waals surface area contributed by atoms with Crippen molar-refractivity contribution in [3.8, 4) is 56.0 Å². The van der Waals surface area contributed by atoms with E-state index in [4.69, 9.17) is 4.74 Å². The van der Waals surface area contributed by atoms with Crippen molar-refractivity contribution < 1.29 is 4.74 Å². The summed E-state index contributed by atoms with van der Waals surface area (Å²) >= 11 is 0. The number of anilines is 15. The van der Waals surface area contributed by atoms with Crippen molar-refractivity contribution in [2.75, 3.05) is 24.5 Å². The van der Waals surface area contributed by atoms with E-state index in [1.165, 1.54) is 139 Å². The molecule has 0 spiro atoms. The molecule has 15 aromatic carbocycles. The maximum atomic E-state index is 8.34. The molecule has 131 heavy (non-hydrogen) atoms. The van der Waals surface area contributed by atoms with Crippen LogP contribution in [0, 0.1) is 0 Å². The van der Waals surface area contributed by atoms with Gasteiger partial charge in [-0.25, -0.2) is 0 Å². The molecule has 7 aliphatic heterocycles. The van der Waals surface area contributed by atoms with Crippen LogP contribution in [-0.2, 0) is 43.3 Å². The van der Waals surface area contributed by atoms with Gasteiger partial charge in [-0.1, -0.05) is 372 Å². The van der Waals surface area contributed by atoms with Gasteiger partial charge in [0.1, 0.15) is 0 Å². The molecule has 0 aromatic heterocycles. The van der Waals surface area contributed by atoms with Crippen molar-refractivity contribution in [2.45, 2.75) is 209 Å². The molecule has 22 rings (SSSR count). The summed E-state index contributed by atoms with van der Waals surface area (Å²) in [4.78, 5) is 13.7. The predicted molar refractivity (Wildman–Crippen MR) is 565 cm³/mol. The van der Waals surface area contributed by atoms with Gasteiger partial charge in [-0.05, 0) is 255 Å². The fourth-order valence-corrected chi connectivity index (χ4v) is 22.1. The van der Waals surface area contributed by atoms with E-state index < -0.39 is 0 Å². The topological polar surface area (TPSA) is 25.4 Å². The van der Waals surface area contributed by atoms with Gasteiger partial charge >= 0.3 is 0 Å². The quantitative estimate of drug-likeness (QED) is 0.141. The van der Waals surface area contributed by atoms with E-state index in [0.717, 1.165) is 96.3 Å². The summed E-state index contributed by atoms with van der Waals surface area (Å²) < 4.78 is 8.34. The second-order valence-corrected chi connectivity index (χ2v) is 46.7. The molecule has 648 valence electrons. The van der Waals surface area contributed by atoms with Crippen LogP contribution in [-0.4, -0.2) is 20.1 Å². The van der Waals surface area contributed by atoms with Crippen LogP contribution in [0.1, 0.15) is 211 Å². The first kappa shape index (κ1) is 83.9. The molecule has 0 N–H and O–H groups in total. The number of fused-ring (bicyclic) bond motifs is 10. The summed E-state index contributed by atoms with van der Waals surface area (Å²) in [5, 5.41) is 0. The van der Waals surface area contributed by atoms with E-state index in [1.807, 2.05) is 0 Å². The van der Waals surface area contributed by atoms with Crippen molar-refractivity contribution in [1.82, 2.24) is 0 Å². The summed E-state index contributed by atoms with van der Waals surface area (Å²) in [6, 6.07) is 115. The number of hydrogen-bond acceptors (Lipinski definition) is 6. The largest absolute Gasteiger partial charge is 0.452 e. The van der Waals surface area contributed by atoms with Crippen molar-refractivity contribution in [2.24, 2.45) is 0 Å². The summed E-state index contributed by atoms with van der Waals surface area (Å²) in [5.41, 5.74) is 46.3. The minimum absolute atomic E-state index is 0.158. The summed E-state index contributed by atoms with van der Waals surface area (Å²) in [7, 11) is 0. The Bertz CT molecular complexity index is 7170. The Kier molecular flexibility index (Phi) is 18.5. The van der Waals surface area contributed by atoms with Crippen molar-refractivity contribution >= 4 is 155 Å². The van der Waals surface area contributed by atoms with Crippen LogP contribution in [0.5, 0.6) is 11.5 Å². The molecule has 0 atom stereocenters. The Labute approximate surface area is 779 Å². The van der Waals surface area contributed by atoms with Gasteiger partial charge in [-0.3, -0.25) is 0 Å². The SMILES string of the molecule is CC(C)(C)c1cc(N2c3cc(-c4ccccc4)ccc3B3c4cc5c(cc4N(c4cc(C(C)(C)C)cc(C(C)(C)C)c4)c4cccc2c43)N(c2cc(C(C)(C)C)cc(C(C)(C)C)c2)c2cc3c4c6c2B5c2ccc(-c5ccccc5)c5c2N6c2c(ccc(-c6ccccc6)c2O5)B4c2ccc(-c4ccccc4)cc2N3c2cc(C(C)(C)C)cc(C(C)(C)C)c2)cc(C(C)(C)C)c1. The average Bonchev–Trinajstić information content (AvgIpc) is 0.653. The monoisotopic (exact) mass is 1700 g/mol. The lowest BCUT2D eigenvalue weighted by Gasteiger charge is -2.53. The minimum atomic E-state index is -0.362. The highest BCUT2D eigenvalue weighted by Crippen LogP contribution is 2.62. The van der Waals surface area contributed by atoms with Gasteiger partial charge in [-0.15, -0.1) is 0 Å². The zero-order valence-corrected chi connectivity index (χ0v) is 81.1. The van der Waals surface area contributed by atoms with Gasteiger partial charge in [-0.2, -0.15) is 0 Å². The Morgan fingerprint density at radius 3 is 0.763 bits per heavy atom. The molecule has 0 saturated carbocycles. The zero-order chi connectivity index (χ0) is 91.5.